The first-order chi connectivity index (χ1) is 7.28. The first-order valence-corrected chi connectivity index (χ1v) is 4.32. The molecule has 0 heterocycles. The van der Waals surface area contributed by atoms with Crippen molar-refractivity contribution in [2.75, 3.05) is 20.8 Å². The second-order valence-corrected chi connectivity index (χ2v) is 2.53. The minimum Gasteiger partial charge on any atom is -0.463 e. The van der Waals surface area contributed by atoms with Crippen LogP contribution < -0.4 is 10.1 Å². The van der Waals surface area contributed by atoms with Crippen molar-refractivity contribution in [3.05, 3.63) is 29.8 Å². The van der Waals surface area contributed by atoms with Crippen molar-refractivity contribution in [1.29, 1.82) is 0 Å². The number of halogens is 3. The summed E-state index contributed by atoms with van der Waals surface area (Å²) in [6, 6.07) is 7.36. The van der Waals surface area contributed by atoms with Gasteiger partial charge in [-0.3, -0.25) is 0 Å². The van der Waals surface area contributed by atoms with E-state index < -0.39 is 13.8 Å². The van der Waals surface area contributed by atoms with E-state index in [4.69, 9.17) is 4.74 Å². The van der Waals surface area contributed by atoms with Gasteiger partial charge in [0.25, 0.3) is 0 Å². The smallest absolute Gasteiger partial charge is 0.229 e. The Morgan fingerprint density at radius 2 is 2.00 bits per heavy atom. The summed E-state index contributed by atoms with van der Waals surface area (Å²) < 4.78 is 35.7. The van der Waals surface area contributed by atoms with Gasteiger partial charge in [0.2, 0.25) is 13.8 Å². The molecule has 2 nitrogen and oxygen atoms in total. The fourth-order valence-electron chi connectivity index (χ4n) is 1.01. The molecule has 0 atom stereocenters. The summed E-state index contributed by atoms with van der Waals surface area (Å²) in [5.74, 6) is 0.574. The van der Waals surface area contributed by atoms with Crippen LogP contribution in [0.25, 0.3) is 0 Å². The minimum atomic E-state index is -1.75. The van der Waals surface area contributed by atoms with Gasteiger partial charge in [0, 0.05) is 7.97 Å². The van der Waals surface area contributed by atoms with Gasteiger partial charge in [0.1, 0.15) is 5.75 Å². The summed E-state index contributed by atoms with van der Waals surface area (Å²) in [4.78, 5) is 0. The van der Waals surface area contributed by atoms with Crippen molar-refractivity contribution < 1.29 is 19.3 Å². The van der Waals surface area contributed by atoms with E-state index in [1.165, 1.54) is 0 Å². The first-order valence-electron chi connectivity index (χ1n) is 4.32. The highest BCUT2D eigenvalue weighted by molar-refractivity contribution is 5.28. The molecule has 1 aromatic rings. The third kappa shape index (κ3) is 6.79. The van der Waals surface area contributed by atoms with Crippen molar-refractivity contribution in [2.45, 2.75) is 6.54 Å². The molecule has 5 heteroatoms. The normalized spacial score (nSPS) is 9.07. The molecule has 0 aliphatic heterocycles. The number of nitrogens with one attached hydrogen (secondary N) is 1. The molecule has 88 valence electrons. The molecule has 0 unspecified atom stereocenters. The maximum absolute atomic E-state index is 11.8. The molecule has 1 aromatic carbocycles. The zero-order chi connectivity index (χ0) is 11.5. The molecule has 0 bridgehead atoms. The van der Waals surface area contributed by atoms with E-state index >= 15 is 0 Å². The molecular weight excluding hydrogens is 207 g/mol. The van der Waals surface area contributed by atoms with Crippen LogP contribution in [0.4, 0.5) is 13.2 Å². The van der Waals surface area contributed by atoms with E-state index in [0.29, 0.717) is 5.75 Å². The number of alkyl halides is 3. The van der Waals surface area contributed by atoms with Crippen LogP contribution in [0.3, 0.4) is 0 Å². The van der Waals surface area contributed by atoms with Crippen LogP contribution in [-0.2, 0) is 6.54 Å². The average molecular weight is 223 g/mol. The van der Waals surface area contributed by atoms with Crippen LogP contribution in [0.5, 0.6) is 5.75 Å². The lowest BCUT2D eigenvalue weighted by molar-refractivity contribution is 0.191. The summed E-state index contributed by atoms with van der Waals surface area (Å²) in [5.41, 5.74) is 1.09. The van der Waals surface area contributed by atoms with Crippen molar-refractivity contribution >= 4 is 0 Å². The molecule has 0 aliphatic rings. The zero-order valence-electron chi connectivity index (χ0n) is 8.47. The Morgan fingerprint density at radius 1 is 1.33 bits per heavy atom. The standard InChI is InChI=1S/C9H12FNO.CH2F2.H2/c1-11-6-8-3-2-4-9(5-8)12-7-10;2-1-3;/h2-5,11H,6-7H2,1H3;1H2;1H. The van der Waals surface area contributed by atoms with Crippen molar-refractivity contribution in [1.82, 2.24) is 5.32 Å². The highest BCUT2D eigenvalue weighted by atomic mass is 19.3. The predicted molar refractivity (Wildman–Crippen MR) is 55.0 cm³/mol. The van der Waals surface area contributed by atoms with Gasteiger partial charge in [-0.2, -0.15) is 0 Å². The van der Waals surface area contributed by atoms with Gasteiger partial charge >= 0.3 is 0 Å². The fraction of sp³-hybridized carbons (Fsp3) is 0.400. The summed E-state index contributed by atoms with van der Waals surface area (Å²) >= 11 is 0. The van der Waals surface area contributed by atoms with Gasteiger partial charge in [0.05, 0.1) is 0 Å². The van der Waals surface area contributed by atoms with Gasteiger partial charge in [0.15, 0.2) is 0 Å². The number of hydrogen-bond donors (Lipinski definition) is 1. The Balaban J connectivity index is 0. The van der Waals surface area contributed by atoms with Crippen LogP contribution in [0.15, 0.2) is 24.3 Å². The number of rotatable bonds is 4. The van der Waals surface area contributed by atoms with Crippen LogP contribution in [0, 0.1) is 0 Å². The summed E-state index contributed by atoms with van der Waals surface area (Å²) in [7, 11) is 1.86. The molecule has 0 fully saturated rings. The highest BCUT2D eigenvalue weighted by Crippen LogP contribution is 2.12. The SMILES string of the molecule is CNCc1cccc(OCF)c1.FCF.[HH]. The molecule has 0 radical (unpaired) electrons. The van der Waals surface area contributed by atoms with Crippen LogP contribution in [0.2, 0.25) is 0 Å². The third-order valence-electron chi connectivity index (χ3n) is 1.50. The van der Waals surface area contributed by atoms with Gasteiger partial charge in [-0.1, -0.05) is 12.1 Å². The zero-order valence-corrected chi connectivity index (χ0v) is 8.47. The van der Waals surface area contributed by atoms with E-state index in [0.717, 1.165) is 12.1 Å². The Bertz CT molecular complexity index is 242. The fourth-order valence-corrected chi connectivity index (χ4v) is 1.01. The van der Waals surface area contributed by atoms with Crippen LogP contribution in [0.1, 0.15) is 6.99 Å². The Hall–Kier alpha value is -1.23. The van der Waals surface area contributed by atoms with Crippen molar-refractivity contribution in [3.63, 3.8) is 0 Å². The lowest BCUT2D eigenvalue weighted by Gasteiger charge is -2.03. The second kappa shape index (κ2) is 9.33. The molecule has 1 N–H and O–H groups in total. The molecule has 1 rings (SSSR count). The number of hydrogen-bond acceptors (Lipinski definition) is 2. The second-order valence-electron chi connectivity index (χ2n) is 2.53. The summed E-state index contributed by atoms with van der Waals surface area (Å²) in [6.45, 7) is -1.76. The molecule has 0 aromatic heterocycles. The highest BCUT2D eigenvalue weighted by Gasteiger charge is 1.94. The predicted octanol–water partition coefficient (Wildman–Crippen LogP) is 2.84. The Morgan fingerprint density at radius 3 is 2.53 bits per heavy atom. The van der Waals surface area contributed by atoms with Gasteiger partial charge in [-0.25, -0.2) is 13.2 Å². The van der Waals surface area contributed by atoms with Crippen LogP contribution in [-0.4, -0.2) is 20.8 Å². The maximum Gasteiger partial charge on any atom is 0.229 e. The van der Waals surface area contributed by atoms with E-state index in [9.17, 15) is 13.2 Å². The Kier molecular flexibility index (Phi) is 8.56. The maximum atomic E-state index is 11.8. The molecule has 0 saturated carbocycles. The lowest BCUT2D eigenvalue weighted by Crippen LogP contribution is -2.04. The summed E-state index contributed by atoms with van der Waals surface area (Å²) in [6.07, 6.45) is 0. The number of benzene rings is 1. The van der Waals surface area contributed by atoms with Gasteiger partial charge < -0.3 is 10.1 Å². The monoisotopic (exact) mass is 223 g/mol. The summed E-state index contributed by atoms with van der Waals surface area (Å²) in [5, 5.41) is 3.00. The topological polar surface area (TPSA) is 21.3 Å². The van der Waals surface area contributed by atoms with Crippen molar-refractivity contribution in [3.8, 4) is 5.75 Å². The van der Waals surface area contributed by atoms with Gasteiger partial charge in [-0.05, 0) is 24.7 Å². The average Bonchev–Trinajstić information content (AvgIpc) is 2.20. The van der Waals surface area contributed by atoms with E-state index in [1.54, 1.807) is 6.07 Å². The first kappa shape index (κ1) is 13.8. The number of ether oxygens (including phenoxy) is 1. The third-order valence-corrected chi connectivity index (χ3v) is 1.50. The lowest BCUT2D eigenvalue weighted by atomic mass is 10.2. The quantitative estimate of drug-likeness (QED) is 0.847. The van der Waals surface area contributed by atoms with E-state index in [-0.39, 0.29) is 1.43 Å². The molecule has 0 spiro atoms. The molecular formula is C10H16F3NO. The minimum absolute atomic E-state index is 0. The molecule has 0 saturated heterocycles. The van der Waals surface area contributed by atoms with E-state index in [1.807, 2.05) is 25.2 Å². The van der Waals surface area contributed by atoms with Crippen molar-refractivity contribution in [2.24, 2.45) is 0 Å². The molecule has 0 amide bonds. The largest absolute Gasteiger partial charge is 0.463 e. The molecule has 0 aliphatic carbocycles. The molecule has 15 heavy (non-hydrogen) atoms. The van der Waals surface area contributed by atoms with E-state index in [2.05, 4.69) is 5.32 Å². The van der Waals surface area contributed by atoms with Gasteiger partial charge in [-0.15, -0.1) is 0 Å². The van der Waals surface area contributed by atoms with Crippen LogP contribution >= 0.6 is 0 Å². The Labute approximate surface area is 88.5 Å².